The lowest BCUT2D eigenvalue weighted by molar-refractivity contribution is 1.32. The predicted octanol–water partition coefficient (Wildman–Crippen LogP) is 3.51. The van der Waals surface area contributed by atoms with Crippen LogP contribution in [-0.2, 0) is 0 Å². The molecule has 1 heterocycles. The number of hydrogen-bond acceptors (Lipinski definition) is 3. The average molecular weight is 264 g/mol. The van der Waals surface area contributed by atoms with E-state index in [2.05, 4.69) is 11.1 Å². The number of nitrogen functional groups attached to an aromatic ring is 1. The van der Waals surface area contributed by atoms with Crippen LogP contribution >= 0.6 is 23.2 Å². The Hall–Kier alpha value is -1.76. The fourth-order valence-electron chi connectivity index (χ4n) is 1.54. The Balaban J connectivity index is 2.77. The molecule has 0 saturated carbocycles. The lowest BCUT2D eigenvalue weighted by Crippen LogP contribution is -1.97. The summed E-state index contributed by atoms with van der Waals surface area (Å²) in [6.07, 6.45) is 1.48. The molecular formula is C12H7Cl2N3. The molecule has 0 aliphatic carbocycles. The standard InChI is InChI=1S/C12H7Cl2N3/c13-8-1-2-10(14)9(5-8)11-7(6-15)3-4-17-12(11)16/h1-5H,(H2,16,17). The second-order valence-electron chi connectivity index (χ2n) is 3.35. The van der Waals surface area contributed by atoms with Crippen molar-refractivity contribution in [3.63, 3.8) is 0 Å². The van der Waals surface area contributed by atoms with Crippen molar-refractivity contribution in [2.24, 2.45) is 0 Å². The van der Waals surface area contributed by atoms with Gasteiger partial charge in [-0.2, -0.15) is 5.26 Å². The molecule has 0 spiro atoms. The monoisotopic (exact) mass is 263 g/mol. The summed E-state index contributed by atoms with van der Waals surface area (Å²) in [5, 5.41) is 10.1. The molecule has 0 aliphatic heterocycles. The van der Waals surface area contributed by atoms with Gasteiger partial charge in [-0.25, -0.2) is 4.98 Å². The van der Waals surface area contributed by atoms with Crippen molar-refractivity contribution in [2.45, 2.75) is 0 Å². The van der Waals surface area contributed by atoms with E-state index < -0.39 is 0 Å². The Kier molecular flexibility index (Phi) is 3.19. The number of pyridine rings is 1. The lowest BCUT2D eigenvalue weighted by Gasteiger charge is -2.09. The highest BCUT2D eigenvalue weighted by Gasteiger charge is 2.13. The maximum atomic E-state index is 9.05. The second kappa shape index (κ2) is 4.62. The molecule has 17 heavy (non-hydrogen) atoms. The van der Waals surface area contributed by atoms with E-state index >= 15 is 0 Å². The molecule has 2 aromatic rings. The summed E-state index contributed by atoms with van der Waals surface area (Å²) in [6.45, 7) is 0. The molecule has 84 valence electrons. The molecule has 0 aliphatic rings. The van der Waals surface area contributed by atoms with Crippen LogP contribution in [0.5, 0.6) is 0 Å². The molecule has 0 bridgehead atoms. The quantitative estimate of drug-likeness (QED) is 0.857. The zero-order chi connectivity index (χ0) is 12.4. The predicted molar refractivity (Wildman–Crippen MR) is 68.8 cm³/mol. The van der Waals surface area contributed by atoms with Gasteiger partial charge in [0, 0.05) is 27.4 Å². The molecule has 2 N–H and O–H groups in total. The molecule has 0 radical (unpaired) electrons. The van der Waals surface area contributed by atoms with Gasteiger partial charge in [0.05, 0.1) is 11.6 Å². The van der Waals surface area contributed by atoms with Gasteiger partial charge in [0.1, 0.15) is 5.82 Å². The molecule has 3 nitrogen and oxygen atoms in total. The number of halogens is 2. The van der Waals surface area contributed by atoms with Gasteiger partial charge in [-0.3, -0.25) is 0 Å². The third-order valence-corrected chi connectivity index (χ3v) is 2.86. The molecular weight excluding hydrogens is 257 g/mol. The van der Waals surface area contributed by atoms with Crippen LogP contribution < -0.4 is 5.73 Å². The third kappa shape index (κ3) is 2.19. The van der Waals surface area contributed by atoms with Crippen LogP contribution in [0.15, 0.2) is 30.5 Å². The van der Waals surface area contributed by atoms with Crippen molar-refractivity contribution in [3.8, 4) is 17.2 Å². The minimum atomic E-state index is 0.258. The minimum absolute atomic E-state index is 0.258. The maximum Gasteiger partial charge on any atom is 0.132 e. The van der Waals surface area contributed by atoms with Crippen molar-refractivity contribution in [3.05, 3.63) is 46.1 Å². The van der Waals surface area contributed by atoms with Crippen LogP contribution in [-0.4, -0.2) is 4.98 Å². The molecule has 1 aromatic heterocycles. The first-order chi connectivity index (χ1) is 8.13. The van der Waals surface area contributed by atoms with Gasteiger partial charge in [-0.05, 0) is 24.3 Å². The Morgan fingerprint density at radius 3 is 2.71 bits per heavy atom. The van der Waals surface area contributed by atoms with E-state index in [1.807, 2.05) is 0 Å². The number of hydrogen-bond donors (Lipinski definition) is 1. The number of aromatic nitrogens is 1. The SMILES string of the molecule is N#Cc1ccnc(N)c1-c1cc(Cl)ccc1Cl. The molecule has 5 heteroatoms. The van der Waals surface area contributed by atoms with E-state index in [-0.39, 0.29) is 5.82 Å². The summed E-state index contributed by atoms with van der Waals surface area (Å²) in [7, 11) is 0. The van der Waals surface area contributed by atoms with Gasteiger partial charge in [0.15, 0.2) is 0 Å². The first-order valence-electron chi connectivity index (χ1n) is 4.73. The molecule has 0 unspecified atom stereocenters. The summed E-state index contributed by atoms with van der Waals surface area (Å²) < 4.78 is 0. The molecule has 0 atom stereocenters. The fraction of sp³-hybridized carbons (Fsp3) is 0. The highest BCUT2D eigenvalue weighted by atomic mass is 35.5. The van der Waals surface area contributed by atoms with Crippen LogP contribution in [0.2, 0.25) is 10.0 Å². The van der Waals surface area contributed by atoms with Crippen LogP contribution in [0.25, 0.3) is 11.1 Å². The van der Waals surface area contributed by atoms with Gasteiger partial charge in [0.25, 0.3) is 0 Å². The van der Waals surface area contributed by atoms with Crippen LogP contribution in [0.1, 0.15) is 5.56 Å². The number of nitrogens with zero attached hydrogens (tertiary/aromatic N) is 2. The van der Waals surface area contributed by atoms with Crippen molar-refractivity contribution in [1.82, 2.24) is 4.98 Å². The number of anilines is 1. The summed E-state index contributed by atoms with van der Waals surface area (Å²) in [6, 6.07) is 8.64. The van der Waals surface area contributed by atoms with Crippen molar-refractivity contribution >= 4 is 29.0 Å². The summed E-state index contributed by atoms with van der Waals surface area (Å²) in [5.41, 5.74) is 7.33. The Morgan fingerprint density at radius 1 is 1.24 bits per heavy atom. The van der Waals surface area contributed by atoms with E-state index in [1.54, 1.807) is 24.3 Å². The van der Waals surface area contributed by atoms with E-state index in [1.165, 1.54) is 6.20 Å². The smallest absolute Gasteiger partial charge is 0.132 e. The Bertz CT molecular complexity index is 618. The van der Waals surface area contributed by atoms with E-state index in [0.717, 1.165) is 0 Å². The Labute approximate surface area is 108 Å². The van der Waals surface area contributed by atoms with E-state index in [0.29, 0.717) is 26.7 Å². The molecule has 0 amide bonds. The average Bonchev–Trinajstić information content (AvgIpc) is 2.32. The lowest BCUT2D eigenvalue weighted by atomic mass is 10.0. The highest BCUT2D eigenvalue weighted by Crippen LogP contribution is 2.35. The van der Waals surface area contributed by atoms with E-state index in [4.69, 9.17) is 34.2 Å². The van der Waals surface area contributed by atoms with Crippen molar-refractivity contribution < 1.29 is 0 Å². The molecule has 1 aromatic carbocycles. The zero-order valence-corrected chi connectivity index (χ0v) is 10.1. The fourth-order valence-corrected chi connectivity index (χ4v) is 1.93. The summed E-state index contributed by atoms with van der Waals surface area (Å²) >= 11 is 12.0. The number of rotatable bonds is 1. The van der Waals surface area contributed by atoms with Gasteiger partial charge in [-0.15, -0.1) is 0 Å². The van der Waals surface area contributed by atoms with Gasteiger partial charge in [0.2, 0.25) is 0 Å². The maximum absolute atomic E-state index is 9.05. The van der Waals surface area contributed by atoms with Gasteiger partial charge in [-0.1, -0.05) is 23.2 Å². The van der Waals surface area contributed by atoms with Crippen LogP contribution in [0.3, 0.4) is 0 Å². The van der Waals surface area contributed by atoms with Crippen LogP contribution in [0, 0.1) is 11.3 Å². The van der Waals surface area contributed by atoms with E-state index in [9.17, 15) is 0 Å². The summed E-state index contributed by atoms with van der Waals surface area (Å²) in [5.74, 6) is 0.258. The second-order valence-corrected chi connectivity index (χ2v) is 4.20. The topological polar surface area (TPSA) is 62.7 Å². The first kappa shape index (κ1) is 11.7. The molecule has 2 rings (SSSR count). The molecule has 0 saturated heterocycles. The number of nitriles is 1. The van der Waals surface area contributed by atoms with Gasteiger partial charge < -0.3 is 5.73 Å². The Morgan fingerprint density at radius 2 is 2.00 bits per heavy atom. The first-order valence-corrected chi connectivity index (χ1v) is 5.49. The van der Waals surface area contributed by atoms with Crippen molar-refractivity contribution in [1.29, 1.82) is 5.26 Å². The highest BCUT2D eigenvalue weighted by molar-refractivity contribution is 6.35. The van der Waals surface area contributed by atoms with Crippen LogP contribution in [0.4, 0.5) is 5.82 Å². The normalized spacial score (nSPS) is 9.94. The zero-order valence-electron chi connectivity index (χ0n) is 8.61. The van der Waals surface area contributed by atoms with Gasteiger partial charge >= 0.3 is 0 Å². The number of benzene rings is 1. The number of nitrogens with two attached hydrogens (primary N) is 1. The minimum Gasteiger partial charge on any atom is -0.383 e. The third-order valence-electron chi connectivity index (χ3n) is 2.30. The summed E-state index contributed by atoms with van der Waals surface area (Å²) in [4.78, 5) is 3.96. The van der Waals surface area contributed by atoms with Crippen molar-refractivity contribution in [2.75, 3.05) is 5.73 Å². The molecule has 0 fully saturated rings. The largest absolute Gasteiger partial charge is 0.383 e.